The summed E-state index contributed by atoms with van der Waals surface area (Å²) in [6.07, 6.45) is 9.67. The van der Waals surface area contributed by atoms with Gasteiger partial charge >= 0.3 is 11.9 Å². The van der Waals surface area contributed by atoms with Crippen molar-refractivity contribution < 1.29 is 28.6 Å². The van der Waals surface area contributed by atoms with E-state index in [1.54, 1.807) is 6.92 Å². The molecule has 0 aromatic carbocycles. The van der Waals surface area contributed by atoms with Crippen LogP contribution in [0.3, 0.4) is 0 Å². The highest BCUT2D eigenvalue weighted by Gasteiger charge is 2.68. The highest BCUT2D eigenvalue weighted by atomic mass is 16.6. The zero-order chi connectivity index (χ0) is 25.8. The van der Waals surface area contributed by atoms with Crippen LogP contribution in [0.15, 0.2) is 34.9 Å². The number of carbonyl (C=O) groups is 3. The molecule has 6 rings (SSSR count). The molecule has 2 saturated heterocycles. The third kappa shape index (κ3) is 2.97. The third-order valence-corrected chi connectivity index (χ3v) is 11.1. The molecule has 3 aliphatic carbocycles. The van der Waals surface area contributed by atoms with Crippen LogP contribution in [0, 0.1) is 28.6 Å². The normalized spacial score (nSPS) is 45.7. The molecule has 1 spiro atoms. The lowest BCUT2D eigenvalue weighted by Gasteiger charge is -2.51. The summed E-state index contributed by atoms with van der Waals surface area (Å²) in [6, 6.07) is 0. The van der Waals surface area contributed by atoms with Gasteiger partial charge in [-0.15, -0.1) is 0 Å². The number of hydrogen-bond donors (Lipinski definition) is 0. The predicted octanol–water partition coefficient (Wildman–Crippen LogP) is 5.02. The van der Waals surface area contributed by atoms with Crippen LogP contribution in [0.4, 0.5) is 0 Å². The number of ether oxygens (including phenoxy) is 3. The van der Waals surface area contributed by atoms with Crippen molar-refractivity contribution in [1.29, 1.82) is 0 Å². The standard InChI is InChI=1S/C30H38O6/c1-16-7-9-22(34-26(16)33)17(2)19-11-12-28(5)20-8-10-23-27(3,4)35-24-13-25(32)36-30(23,24)14-18(20)21(31)15-29(19,28)6/h7-8,10,17,19,22-24H,9,11-15H2,1-6H3/t17-,19+,22+,23-,24+,28-,29+,30?/m0/s1. The van der Waals surface area contributed by atoms with Gasteiger partial charge in [-0.25, -0.2) is 4.79 Å². The monoisotopic (exact) mass is 494 g/mol. The molecule has 3 fully saturated rings. The maximum atomic E-state index is 14.0. The molecule has 6 aliphatic rings. The molecule has 36 heavy (non-hydrogen) atoms. The molecule has 1 unspecified atom stereocenters. The molecule has 0 amide bonds. The van der Waals surface area contributed by atoms with E-state index >= 15 is 0 Å². The van der Waals surface area contributed by atoms with Gasteiger partial charge in [-0.3, -0.25) is 9.59 Å². The molecule has 0 aromatic heterocycles. The molecule has 6 heteroatoms. The molecule has 194 valence electrons. The maximum Gasteiger partial charge on any atom is 0.333 e. The number of rotatable bonds is 2. The van der Waals surface area contributed by atoms with Crippen molar-refractivity contribution >= 4 is 17.7 Å². The summed E-state index contributed by atoms with van der Waals surface area (Å²) in [7, 11) is 0. The Morgan fingerprint density at radius 3 is 2.56 bits per heavy atom. The lowest BCUT2D eigenvalue weighted by atomic mass is 9.52. The summed E-state index contributed by atoms with van der Waals surface area (Å²) in [5.74, 6) is 0.000607. The van der Waals surface area contributed by atoms with Crippen molar-refractivity contribution in [2.24, 2.45) is 28.6 Å². The molecule has 1 saturated carbocycles. The maximum absolute atomic E-state index is 14.0. The van der Waals surface area contributed by atoms with Crippen molar-refractivity contribution in [3.8, 4) is 0 Å². The molecule has 0 bridgehead atoms. The Morgan fingerprint density at radius 2 is 1.83 bits per heavy atom. The SMILES string of the molecule is CC1=CC[C@H]([C@@H](C)[C@H]2CC[C@@]3(C)C4=C(CC56OC(=O)C[C@H]5OC(C)(C)[C@@H]6C=C4)C(=O)C[C@]23C)OC1=O. The average molecular weight is 495 g/mol. The minimum Gasteiger partial charge on any atom is -0.458 e. The topological polar surface area (TPSA) is 78.9 Å². The van der Waals surface area contributed by atoms with Crippen LogP contribution >= 0.6 is 0 Å². The van der Waals surface area contributed by atoms with Gasteiger partial charge in [0.1, 0.15) is 12.2 Å². The second kappa shape index (κ2) is 7.43. The minimum absolute atomic E-state index is 0.109. The van der Waals surface area contributed by atoms with Crippen LogP contribution in [-0.2, 0) is 28.6 Å². The molecule has 3 heterocycles. The van der Waals surface area contributed by atoms with Gasteiger partial charge in [-0.2, -0.15) is 0 Å². The summed E-state index contributed by atoms with van der Waals surface area (Å²) in [5.41, 5.74) is 0.903. The van der Waals surface area contributed by atoms with Gasteiger partial charge in [-0.05, 0) is 61.9 Å². The number of Topliss-reactive ketones (excluding diaryl/α,β-unsaturated/α-hetero) is 1. The molecule has 3 aliphatic heterocycles. The van der Waals surface area contributed by atoms with E-state index in [9.17, 15) is 14.4 Å². The number of esters is 2. The van der Waals surface area contributed by atoms with E-state index in [0.29, 0.717) is 18.4 Å². The number of hydrogen-bond acceptors (Lipinski definition) is 6. The Kier molecular flexibility index (Phi) is 4.98. The summed E-state index contributed by atoms with van der Waals surface area (Å²) < 4.78 is 18.2. The quantitative estimate of drug-likeness (QED) is 0.502. The largest absolute Gasteiger partial charge is 0.458 e. The van der Waals surface area contributed by atoms with E-state index in [2.05, 4.69) is 46.8 Å². The molecule has 6 nitrogen and oxygen atoms in total. The van der Waals surface area contributed by atoms with Crippen molar-refractivity contribution in [3.63, 3.8) is 0 Å². The van der Waals surface area contributed by atoms with Gasteiger partial charge in [0.25, 0.3) is 0 Å². The first-order valence-electron chi connectivity index (χ1n) is 13.5. The van der Waals surface area contributed by atoms with E-state index in [1.807, 2.05) is 6.08 Å². The molecular formula is C30H38O6. The van der Waals surface area contributed by atoms with E-state index in [1.165, 1.54) is 0 Å². The van der Waals surface area contributed by atoms with Gasteiger partial charge < -0.3 is 14.2 Å². The molecular weight excluding hydrogens is 456 g/mol. The van der Waals surface area contributed by atoms with E-state index < -0.39 is 11.2 Å². The number of carbonyl (C=O) groups excluding carboxylic acids is 3. The van der Waals surface area contributed by atoms with Crippen LogP contribution in [-0.4, -0.2) is 41.1 Å². The van der Waals surface area contributed by atoms with Crippen LogP contribution in [0.25, 0.3) is 0 Å². The van der Waals surface area contributed by atoms with E-state index in [0.717, 1.165) is 30.4 Å². The van der Waals surface area contributed by atoms with Crippen molar-refractivity contribution in [3.05, 3.63) is 34.9 Å². The van der Waals surface area contributed by atoms with Crippen LogP contribution < -0.4 is 0 Å². The fourth-order valence-corrected chi connectivity index (χ4v) is 8.91. The second-order valence-corrected chi connectivity index (χ2v) is 13.2. The van der Waals surface area contributed by atoms with Gasteiger partial charge in [0.15, 0.2) is 11.4 Å². The van der Waals surface area contributed by atoms with E-state index in [-0.39, 0.29) is 64.9 Å². The molecule has 8 atom stereocenters. The number of ketones is 1. The van der Waals surface area contributed by atoms with E-state index in [4.69, 9.17) is 14.2 Å². The fourth-order valence-electron chi connectivity index (χ4n) is 8.91. The van der Waals surface area contributed by atoms with Crippen molar-refractivity contribution in [2.75, 3.05) is 0 Å². The predicted molar refractivity (Wildman–Crippen MR) is 133 cm³/mol. The minimum atomic E-state index is -0.806. The second-order valence-electron chi connectivity index (χ2n) is 13.2. The summed E-state index contributed by atoms with van der Waals surface area (Å²) >= 11 is 0. The molecule has 0 N–H and O–H groups in total. The number of cyclic esters (lactones) is 1. The summed E-state index contributed by atoms with van der Waals surface area (Å²) in [6.45, 7) is 12.7. The Hall–Kier alpha value is -2.21. The van der Waals surface area contributed by atoms with Crippen molar-refractivity contribution in [1.82, 2.24) is 0 Å². The van der Waals surface area contributed by atoms with Gasteiger partial charge in [0.2, 0.25) is 0 Å². The van der Waals surface area contributed by atoms with Crippen LogP contribution in [0.1, 0.15) is 80.1 Å². The van der Waals surface area contributed by atoms with Crippen LogP contribution in [0.5, 0.6) is 0 Å². The summed E-state index contributed by atoms with van der Waals surface area (Å²) in [5, 5.41) is 0. The molecule has 0 radical (unpaired) electrons. The average Bonchev–Trinajstić information content (AvgIpc) is 3.23. The first-order chi connectivity index (χ1) is 16.8. The lowest BCUT2D eigenvalue weighted by Crippen LogP contribution is -2.49. The zero-order valence-corrected chi connectivity index (χ0v) is 22.3. The molecule has 0 aromatic rings. The van der Waals surface area contributed by atoms with Crippen LogP contribution in [0.2, 0.25) is 0 Å². The highest BCUT2D eigenvalue weighted by Crippen LogP contribution is 2.68. The third-order valence-electron chi connectivity index (χ3n) is 11.1. The lowest BCUT2D eigenvalue weighted by molar-refractivity contribution is -0.151. The van der Waals surface area contributed by atoms with Gasteiger partial charge in [0.05, 0.1) is 12.0 Å². The Morgan fingerprint density at radius 1 is 1.08 bits per heavy atom. The Bertz CT molecular complexity index is 1160. The van der Waals surface area contributed by atoms with Gasteiger partial charge in [-0.1, -0.05) is 39.0 Å². The Balaban J connectivity index is 1.39. The number of fused-ring (bicyclic) bond motifs is 2. The first kappa shape index (κ1) is 24.1. The van der Waals surface area contributed by atoms with Crippen molar-refractivity contribution in [2.45, 2.75) is 103 Å². The summed E-state index contributed by atoms with van der Waals surface area (Å²) in [4.78, 5) is 38.7. The first-order valence-corrected chi connectivity index (χ1v) is 13.5. The highest BCUT2D eigenvalue weighted by molar-refractivity contribution is 5.99. The smallest absolute Gasteiger partial charge is 0.333 e. The fraction of sp³-hybridized carbons (Fsp3) is 0.700. The Labute approximate surface area is 213 Å². The number of allylic oxidation sites excluding steroid dienone is 2. The van der Waals surface area contributed by atoms with Gasteiger partial charge in [0, 0.05) is 36.3 Å². The zero-order valence-electron chi connectivity index (χ0n) is 22.3.